The zero-order chi connectivity index (χ0) is 59.6. The van der Waals surface area contributed by atoms with Gasteiger partial charge in [-0.15, -0.1) is 0 Å². The number of hydrogen-bond acceptors (Lipinski definition) is 11. The smallest absolute Gasteiger partial charge is 0.305 e. The van der Waals surface area contributed by atoms with Crippen molar-refractivity contribution < 1.29 is 52.6 Å². The molecule has 1 saturated heterocycles. The van der Waals surface area contributed by atoms with Crippen LogP contribution in [0.15, 0.2) is 0 Å². The van der Waals surface area contributed by atoms with Crippen molar-refractivity contribution in [2.45, 2.75) is 374 Å². The first-order valence-corrected chi connectivity index (χ1v) is 35.8. The third kappa shape index (κ3) is 46.4. The van der Waals surface area contributed by atoms with Crippen molar-refractivity contribution >= 4 is 17.9 Å². The monoisotopic (exact) mass is 1170 g/mol. The van der Waals surface area contributed by atoms with Gasteiger partial charge in [0.1, 0.15) is 18.3 Å². The second-order valence-corrected chi connectivity index (χ2v) is 25.0. The molecule has 1 aliphatic rings. The predicted octanol–water partition coefficient (Wildman–Crippen LogP) is 19.8. The maximum absolute atomic E-state index is 12.5. The van der Waals surface area contributed by atoms with E-state index in [9.17, 15) is 19.5 Å². The molecule has 486 valence electrons. The Bertz CT molecular complexity index is 1350. The lowest BCUT2D eigenvalue weighted by atomic mass is 9.92. The van der Waals surface area contributed by atoms with E-state index < -0.39 is 24.6 Å². The fourth-order valence-corrected chi connectivity index (χ4v) is 11.9. The van der Waals surface area contributed by atoms with E-state index in [0.29, 0.717) is 76.7 Å². The first-order valence-electron chi connectivity index (χ1n) is 35.8. The standard InChI is InChI=1S/C71H136O11/c1-7-13-31-43-62(44-32-14-8-2)52-58-76-66(73)49-37-25-19-22-28-40-55-79-69-65(61-72)82-71(81-57-42-30-24-21-27-39-51-68(75)78-60-54-64(47-35-17-11-5)48-36-18-12-6)70(69)80-56-41-29-23-20-26-38-50-67(74)77-59-53-63(45-33-15-9-3)46-34-16-10-4/h62-65,69-72H,7-61H2,1-6H3/t65-,69-,70-,71-/m1/s1. The highest BCUT2D eigenvalue weighted by atomic mass is 16.7. The number of carbonyl (C=O) groups excluding carboxylic acids is 3. The zero-order valence-corrected chi connectivity index (χ0v) is 55.0. The van der Waals surface area contributed by atoms with E-state index in [0.717, 1.165) is 135 Å². The van der Waals surface area contributed by atoms with Crippen LogP contribution in [-0.2, 0) is 47.5 Å². The number of aliphatic hydroxyl groups is 1. The van der Waals surface area contributed by atoms with Gasteiger partial charge >= 0.3 is 17.9 Å². The lowest BCUT2D eigenvalue weighted by molar-refractivity contribution is -0.181. The molecule has 0 aromatic rings. The maximum Gasteiger partial charge on any atom is 0.305 e. The highest BCUT2D eigenvalue weighted by Gasteiger charge is 2.46. The van der Waals surface area contributed by atoms with Crippen molar-refractivity contribution in [2.75, 3.05) is 46.2 Å². The molecular formula is C71H136O11. The topological polar surface area (TPSA) is 136 Å². The van der Waals surface area contributed by atoms with E-state index in [1.54, 1.807) is 0 Å². The molecule has 0 unspecified atom stereocenters. The van der Waals surface area contributed by atoms with Crippen LogP contribution in [0.25, 0.3) is 0 Å². The Kier molecular flexibility index (Phi) is 56.8. The molecule has 0 aromatic carbocycles. The van der Waals surface area contributed by atoms with Gasteiger partial charge in [0, 0.05) is 39.1 Å². The minimum atomic E-state index is -0.603. The van der Waals surface area contributed by atoms with Crippen LogP contribution >= 0.6 is 0 Å². The Morgan fingerprint density at radius 1 is 0.317 bits per heavy atom. The SMILES string of the molecule is CCCCCC(CCCCC)CCOC(=O)CCCCCCCCO[C@@H]1O[C@H](CO)[C@@H](OCCCCCCCCC(=O)OCCC(CCCCC)CCCCC)[C@H]1OCCCCCCCCC(=O)OCCC(CCCCC)CCCCC. The van der Waals surface area contributed by atoms with Gasteiger partial charge in [0.15, 0.2) is 6.29 Å². The minimum absolute atomic E-state index is 0.0479. The quantitative estimate of drug-likeness (QED) is 0.0354. The number of esters is 3. The molecule has 11 heteroatoms. The third-order valence-electron chi connectivity index (χ3n) is 17.3. The molecule has 0 amide bonds. The van der Waals surface area contributed by atoms with Crippen molar-refractivity contribution in [1.29, 1.82) is 0 Å². The summed E-state index contributed by atoms with van der Waals surface area (Å²) in [4.78, 5) is 37.6. The molecule has 1 aliphatic heterocycles. The molecule has 1 heterocycles. The largest absolute Gasteiger partial charge is 0.466 e. The summed E-state index contributed by atoms with van der Waals surface area (Å²) in [5, 5.41) is 10.4. The van der Waals surface area contributed by atoms with E-state index in [4.69, 9.17) is 33.2 Å². The van der Waals surface area contributed by atoms with Crippen molar-refractivity contribution in [3.05, 3.63) is 0 Å². The molecule has 0 aliphatic carbocycles. The Morgan fingerprint density at radius 3 is 0.878 bits per heavy atom. The van der Waals surface area contributed by atoms with Crippen LogP contribution in [0.1, 0.15) is 350 Å². The van der Waals surface area contributed by atoms with E-state index in [-0.39, 0.29) is 24.5 Å². The lowest BCUT2D eigenvalue weighted by Gasteiger charge is -2.24. The number of rotatable bonds is 64. The van der Waals surface area contributed by atoms with Crippen LogP contribution in [0.4, 0.5) is 0 Å². The zero-order valence-electron chi connectivity index (χ0n) is 55.0. The van der Waals surface area contributed by atoms with Crippen LogP contribution in [0.5, 0.6) is 0 Å². The number of aliphatic hydroxyl groups excluding tert-OH is 1. The summed E-state index contributed by atoms with van der Waals surface area (Å²) in [6.07, 6.45) is 51.0. The number of carbonyl (C=O) groups is 3. The van der Waals surface area contributed by atoms with Crippen molar-refractivity contribution in [3.8, 4) is 0 Å². The summed E-state index contributed by atoms with van der Waals surface area (Å²) in [6.45, 7) is 16.7. The first kappa shape index (κ1) is 78.2. The molecule has 1 fully saturated rings. The van der Waals surface area contributed by atoms with Crippen LogP contribution in [0.2, 0.25) is 0 Å². The summed E-state index contributed by atoms with van der Waals surface area (Å²) in [6, 6.07) is 0. The van der Waals surface area contributed by atoms with Crippen molar-refractivity contribution in [2.24, 2.45) is 17.8 Å². The van der Waals surface area contributed by atoms with Crippen LogP contribution < -0.4 is 0 Å². The Hall–Kier alpha value is -1.79. The van der Waals surface area contributed by atoms with Gasteiger partial charge in [0.2, 0.25) is 0 Å². The van der Waals surface area contributed by atoms with Gasteiger partial charge in [-0.2, -0.15) is 0 Å². The molecule has 82 heavy (non-hydrogen) atoms. The Morgan fingerprint density at radius 2 is 0.585 bits per heavy atom. The fourth-order valence-electron chi connectivity index (χ4n) is 11.9. The van der Waals surface area contributed by atoms with Gasteiger partial charge in [-0.3, -0.25) is 14.4 Å². The molecule has 0 aromatic heterocycles. The second-order valence-electron chi connectivity index (χ2n) is 25.0. The van der Waals surface area contributed by atoms with Crippen molar-refractivity contribution in [3.63, 3.8) is 0 Å². The summed E-state index contributed by atoms with van der Waals surface area (Å²) in [5.74, 6) is 1.89. The van der Waals surface area contributed by atoms with Gasteiger partial charge in [-0.25, -0.2) is 0 Å². The molecule has 1 rings (SSSR count). The minimum Gasteiger partial charge on any atom is -0.466 e. The molecular weight excluding hydrogens is 1030 g/mol. The van der Waals surface area contributed by atoms with Crippen LogP contribution in [0, 0.1) is 17.8 Å². The van der Waals surface area contributed by atoms with E-state index >= 15 is 0 Å². The van der Waals surface area contributed by atoms with E-state index in [2.05, 4.69) is 41.5 Å². The molecule has 0 saturated carbocycles. The Labute approximate surface area is 506 Å². The normalized spacial score (nSPS) is 16.3. The fraction of sp³-hybridized carbons (Fsp3) is 0.958. The maximum atomic E-state index is 12.5. The van der Waals surface area contributed by atoms with Crippen LogP contribution in [0.3, 0.4) is 0 Å². The van der Waals surface area contributed by atoms with Crippen molar-refractivity contribution in [1.82, 2.24) is 0 Å². The highest BCUT2D eigenvalue weighted by molar-refractivity contribution is 5.69. The number of ether oxygens (including phenoxy) is 7. The molecule has 0 bridgehead atoms. The molecule has 0 radical (unpaired) electrons. The van der Waals surface area contributed by atoms with Gasteiger partial charge in [0.25, 0.3) is 0 Å². The Balaban J connectivity index is 2.53. The molecule has 0 spiro atoms. The van der Waals surface area contributed by atoms with E-state index in [1.165, 1.54) is 154 Å². The van der Waals surface area contributed by atoms with Gasteiger partial charge < -0.3 is 38.3 Å². The van der Waals surface area contributed by atoms with Gasteiger partial charge in [0.05, 0.1) is 26.4 Å². The summed E-state index contributed by atoms with van der Waals surface area (Å²) >= 11 is 0. The van der Waals surface area contributed by atoms with Gasteiger partial charge in [-0.05, 0) is 75.5 Å². The molecule has 11 nitrogen and oxygen atoms in total. The molecule has 4 atom stereocenters. The summed E-state index contributed by atoms with van der Waals surface area (Å²) in [5.41, 5.74) is 0. The lowest BCUT2D eigenvalue weighted by Crippen LogP contribution is -2.40. The summed E-state index contributed by atoms with van der Waals surface area (Å²) < 4.78 is 42.7. The number of hydrogen-bond donors (Lipinski definition) is 1. The van der Waals surface area contributed by atoms with Gasteiger partial charge in [-0.1, -0.05) is 273 Å². The number of unbranched alkanes of at least 4 members (excludes halogenated alkanes) is 27. The second kappa shape index (κ2) is 59.5. The highest BCUT2D eigenvalue weighted by Crippen LogP contribution is 2.30. The third-order valence-corrected chi connectivity index (χ3v) is 17.3. The average Bonchev–Trinajstić information content (AvgIpc) is 4.06. The first-order chi connectivity index (χ1) is 40.3. The average molecular weight is 1170 g/mol. The molecule has 1 N–H and O–H groups in total. The van der Waals surface area contributed by atoms with E-state index in [1.807, 2.05) is 0 Å². The van der Waals surface area contributed by atoms with Crippen LogP contribution in [-0.4, -0.2) is 93.9 Å². The predicted molar refractivity (Wildman–Crippen MR) is 340 cm³/mol. The summed E-state index contributed by atoms with van der Waals surface area (Å²) in [7, 11) is 0.